The highest BCUT2D eigenvalue weighted by atomic mass is 35.6. The molecule has 0 aromatic rings. The molecule has 0 spiro atoms. The van der Waals surface area contributed by atoms with Crippen LogP contribution in [0, 0.1) is 0 Å². The minimum absolute atomic E-state index is 0.243. The van der Waals surface area contributed by atoms with E-state index in [2.05, 4.69) is 4.99 Å². The van der Waals surface area contributed by atoms with Gasteiger partial charge in [-0.25, -0.2) is 4.79 Å². The standard InChI is InChI=1S/C6H6Cl3NO2S/c7-6(8,9)2-12-5(11)4-1-13-3-10-4/h3-4H,1-2H2. The van der Waals surface area contributed by atoms with Crippen LogP contribution in [0.3, 0.4) is 0 Å². The average Bonchev–Trinajstić information content (AvgIpc) is 2.50. The third kappa shape index (κ3) is 4.40. The number of esters is 1. The quantitative estimate of drug-likeness (QED) is 0.565. The summed E-state index contributed by atoms with van der Waals surface area (Å²) in [6, 6.07) is -0.447. The summed E-state index contributed by atoms with van der Waals surface area (Å²) in [6.45, 7) is -0.243. The van der Waals surface area contributed by atoms with Gasteiger partial charge in [0.25, 0.3) is 0 Å². The molecule has 0 N–H and O–H groups in total. The molecule has 0 aliphatic carbocycles. The van der Waals surface area contributed by atoms with E-state index in [-0.39, 0.29) is 6.61 Å². The third-order valence-corrected chi connectivity index (χ3v) is 2.33. The number of halogens is 3. The van der Waals surface area contributed by atoms with Crippen LogP contribution in [0.2, 0.25) is 0 Å². The summed E-state index contributed by atoms with van der Waals surface area (Å²) >= 11 is 17.6. The summed E-state index contributed by atoms with van der Waals surface area (Å²) in [5.74, 6) is 0.145. The van der Waals surface area contributed by atoms with Gasteiger partial charge in [-0.15, -0.1) is 11.8 Å². The lowest BCUT2D eigenvalue weighted by Gasteiger charge is -2.12. The topological polar surface area (TPSA) is 38.7 Å². The second-order valence-electron chi connectivity index (χ2n) is 2.33. The number of hydrogen-bond acceptors (Lipinski definition) is 4. The predicted molar refractivity (Wildman–Crippen MR) is 56.0 cm³/mol. The van der Waals surface area contributed by atoms with Crippen LogP contribution in [0.4, 0.5) is 0 Å². The Morgan fingerprint density at radius 3 is 2.85 bits per heavy atom. The first-order valence-corrected chi connectivity index (χ1v) is 5.54. The second kappa shape index (κ2) is 4.73. The van der Waals surface area contributed by atoms with Gasteiger partial charge in [0.05, 0.1) is 5.55 Å². The fourth-order valence-electron chi connectivity index (χ4n) is 0.672. The van der Waals surface area contributed by atoms with Crippen molar-refractivity contribution in [1.29, 1.82) is 0 Å². The molecular weight excluding hydrogens is 256 g/mol. The number of ether oxygens (including phenoxy) is 1. The predicted octanol–water partition coefficient (Wildman–Crippen LogP) is 2.04. The van der Waals surface area contributed by atoms with E-state index in [9.17, 15) is 4.79 Å². The summed E-state index contributed by atoms with van der Waals surface area (Å²) in [7, 11) is 0. The van der Waals surface area contributed by atoms with Crippen molar-refractivity contribution < 1.29 is 9.53 Å². The van der Waals surface area contributed by atoms with E-state index in [1.807, 2.05) is 0 Å². The van der Waals surface area contributed by atoms with Gasteiger partial charge in [0.2, 0.25) is 3.79 Å². The molecule has 0 saturated heterocycles. The highest BCUT2D eigenvalue weighted by Crippen LogP contribution is 2.26. The number of carbonyl (C=O) groups is 1. The zero-order valence-corrected chi connectivity index (χ0v) is 9.46. The molecule has 13 heavy (non-hydrogen) atoms. The molecular formula is C6H6Cl3NO2S. The molecule has 0 bridgehead atoms. The lowest BCUT2D eigenvalue weighted by Crippen LogP contribution is -2.26. The Labute approximate surface area is 94.8 Å². The second-order valence-corrected chi connectivity index (χ2v) is 5.72. The van der Waals surface area contributed by atoms with Gasteiger partial charge >= 0.3 is 5.97 Å². The van der Waals surface area contributed by atoms with Gasteiger partial charge in [0, 0.05) is 5.75 Å². The molecule has 0 fully saturated rings. The Bertz CT molecular complexity index is 228. The number of carbonyl (C=O) groups excluding carboxylic acids is 1. The fourth-order valence-corrected chi connectivity index (χ4v) is 1.56. The van der Waals surface area contributed by atoms with Crippen LogP contribution in [0.5, 0.6) is 0 Å². The number of rotatable bonds is 2. The lowest BCUT2D eigenvalue weighted by atomic mass is 10.4. The SMILES string of the molecule is O=C(OCC(Cl)(Cl)Cl)C1CSC=N1. The van der Waals surface area contributed by atoms with Crippen molar-refractivity contribution in [3.63, 3.8) is 0 Å². The van der Waals surface area contributed by atoms with Crippen molar-refractivity contribution in [3.8, 4) is 0 Å². The molecule has 1 rings (SSSR count). The summed E-state index contributed by atoms with van der Waals surface area (Å²) in [6.07, 6.45) is 0. The van der Waals surface area contributed by atoms with E-state index in [0.717, 1.165) is 0 Å². The van der Waals surface area contributed by atoms with Crippen molar-refractivity contribution in [1.82, 2.24) is 0 Å². The Hall–Kier alpha value is 0.360. The lowest BCUT2D eigenvalue weighted by molar-refractivity contribution is -0.144. The highest BCUT2D eigenvalue weighted by Gasteiger charge is 2.26. The van der Waals surface area contributed by atoms with E-state index < -0.39 is 15.8 Å². The fraction of sp³-hybridized carbons (Fsp3) is 0.667. The van der Waals surface area contributed by atoms with Crippen molar-refractivity contribution in [2.24, 2.45) is 4.99 Å². The Morgan fingerprint density at radius 2 is 2.38 bits per heavy atom. The van der Waals surface area contributed by atoms with Crippen molar-refractivity contribution >= 4 is 58.1 Å². The third-order valence-electron chi connectivity index (χ3n) is 1.22. The molecule has 1 unspecified atom stereocenters. The Kier molecular flexibility index (Phi) is 4.16. The first-order chi connectivity index (χ1) is 5.99. The summed E-state index contributed by atoms with van der Waals surface area (Å²) in [5, 5.41) is 0. The molecule has 7 heteroatoms. The maximum Gasteiger partial charge on any atom is 0.331 e. The summed E-state index contributed by atoms with van der Waals surface area (Å²) in [5.41, 5.74) is 1.61. The summed E-state index contributed by atoms with van der Waals surface area (Å²) in [4.78, 5) is 15.0. The molecule has 1 aliphatic heterocycles. The van der Waals surface area contributed by atoms with Gasteiger partial charge in [0.15, 0.2) is 6.04 Å². The maximum absolute atomic E-state index is 11.2. The first-order valence-electron chi connectivity index (χ1n) is 3.36. The van der Waals surface area contributed by atoms with E-state index in [1.165, 1.54) is 11.8 Å². The monoisotopic (exact) mass is 261 g/mol. The van der Waals surface area contributed by atoms with Gasteiger partial charge in [0.1, 0.15) is 6.61 Å². The maximum atomic E-state index is 11.2. The van der Waals surface area contributed by atoms with E-state index >= 15 is 0 Å². The molecule has 0 amide bonds. The van der Waals surface area contributed by atoms with Crippen LogP contribution in [0.25, 0.3) is 0 Å². The van der Waals surface area contributed by atoms with Gasteiger partial charge in [-0.3, -0.25) is 4.99 Å². The van der Waals surface area contributed by atoms with E-state index in [4.69, 9.17) is 39.5 Å². The highest BCUT2D eigenvalue weighted by molar-refractivity contribution is 8.12. The van der Waals surface area contributed by atoms with E-state index in [0.29, 0.717) is 5.75 Å². The van der Waals surface area contributed by atoms with Crippen molar-refractivity contribution in [2.45, 2.75) is 9.83 Å². The normalized spacial score (nSPS) is 21.9. The van der Waals surface area contributed by atoms with Gasteiger partial charge in [-0.2, -0.15) is 0 Å². The molecule has 74 valence electrons. The Morgan fingerprint density at radius 1 is 1.69 bits per heavy atom. The van der Waals surface area contributed by atoms with E-state index in [1.54, 1.807) is 5.55 Å². The molecule has 1 aliphatic rings. The Balaban J connectivity index is 2.29. The molecule has 0 aromatic heterocycles. The minimum atomic E-state index is -1.55. The molecule has 0 saturated carbocycles. The van der Waals surface area contributed by atoms with Crippen LogP contribution in [0.1, 0.15) is 0 Å². The number of aliphatic imine (C=N–C) groups is 1. The molecule has 0 aromatic carbocycles. The number of nitrogens with zero attached hydrogens (tertiary/aromatic N) is 1. The molecule has 0 radical (unpaired) electrons. The number of alkyl halides is 3. The minimum Gasteiger partial charge on any atom is -0.460 e. The molecule has 1 heterocycles. The van der Waals surface area contributed by atoms with Crippen LogP contribution < -0.4 is 0 Å². The van der Waals surface area contributed by atoms with Gasteiger partial charge in [-0.05, 0) is 0 Å². The van der Waals surface area contributed by atoms with Crippen molar-refractivity contribution in [2.75, 3.05) is 12.4 Å². The van der Waals surface area contributed by atoms with Crippen LogP contribution >= 0.6 is 46.6 Å². The zero-order valence-electron chi connectivity index (χ0n) is 6.37. The molecule has 1 atom stereocenters. The van der Waals surface area contributed by atoms with Gasteiger partial charge < -0.3 is 4.74 Å². The first kappa shape index (κ1) is 11.4. The number of thioether (sulfide) groups is 1. The molecule has 3 nitrogen and oxygen atoms in total. The van der Waals surface area contributed by atoms with Crippen LogP contribution in [-0.2, 0) is 9.53 Å². The van der Waals surface area contributed by atoms with Crippen molar-refractivity contribution in [3.05, 3.63) is 0 Å². The number of hydrogen-bond donors (Lipinski definition) is 0. The smallest absolute Gasteiger partial charge is 0.331 e. The largest absolute Gasteiger partial charge is 0.460 e. The van der Waals surface area contributed by atoms with Gasteiger partial charge in [-0.1, -0.05) is 34.8 Å². The zero-order chi connectivity index (χ0) is 9.90. The van der Waals surface area contributed by atoms with Crippen LogP contribution in [-0.4, -0.2) is 33.7 Å². The van der Waals surface area contributed by atoms with Crippen LogP contribution in [0.15, 0.2) is 4.99 Å². The average molecular weight is 263 g/mol. The summed E-state index contributed by atoms with van der Waals surface area (Å²) < 4.78 is 3.18.